The molecule has 0 fully saturated rings. The largest absolute Gasteiger partial charge is 0.339 e. The highest BCUT2D eigenvalue weighted by Gasteiger charge is 2.15. The molecule has 0 unspecified atom stereocenters. The zero-order valence-corrected chi connectivity index (χ0v) is 13.7. The monoisotopic (exact) mass is 345 g/mol. The number of anilines is 2. The second-order valence-electron chi connectivity index (χ2n) is 4.96. The summed E-state index contributed by atoms with van der Waals surface area (Å²) in [5, 5.41) is 7.84. The number of para-hydroxylation sites is 1. The molecule has 0 bridgehead atoms. The van der Waals surface area contributed by atoms with E-state index in [-0.39, 0.29) is 6.54 Å². The zero-order chi connectivity index (χ0) is 17.5. The van der Waals surface area contributed by atoms with Crippen molar-refractivity contribution in [2.24, 2.45) is 0 Å². The first-order chi connectivity index (χ1) is 11.5. The van der Waals surface area contributed by atoms with Gasteiger partial charge in [-0.25, -0.2) is 0 Å². The molecule has 0 saturated carbocycles. The Morgan fingerprint density at radius 3 is 2.33 bits per heavy atom. The summed E-state index contributed by atoms with van der Waals surface area (Å²) in [6.07, 6.45) is 0. The van der Waals surface area contributed by atoms with Gasteiger partial charge in [-0.15, -0.1) is 0 Å². The Hall–Kier alpha value is -2.86. The third kappa shape index (κ3) is 4.82. The van der Waals surface area contributed by atoms with E-state index in [1.54, 1.807) is 55.5 Å². The lowest BCUT2D eigenvalue weighted by Crippen LogP contribution is -2.39. The highest BCUT2D eigenvalue weighted by Crippen LogP contribution is 2.22. The minimum Gasteiger partial charge on any atom is -0.339 e. The van der Waals surface area contributed by atoms with Crippen molar-refractivity contribution < 1.29 is 14.4 Å². The molecule has 0 aliphatic carbocycles. The number of rotatable bonds is 4. The predicted octanol–water partition coefficient (Wildman–Crippen LogP) is 2.34. The molecule has 124 valence electrons. The fraction of sp³-hybridized carbons (Fsp3) is 0.118. The van der Waals surface area contributed by atoms with Gasteiger partial charge in [-0.05, 0) is 36.8 Å². The number of nitrogens with one attached hydrogen (secondary N) is 3. The Morgan fingerprint density at radius 1 is 0.917 bits per heavy atom. The van der Waals surface area contributed by atoms with Gasteiger partial charge in [-0.2, -0.15) is 0 Å². The van der Waals surface area contributed by atoms with Crippen LogP contribution in [0.5, 0.6) is 0 Å². The van der Waals surface area contributed by atoms with E-state index in [0.29, 0.717) is 16.4 Å². The molecule has 2 aromatic carbocycles. The van der Waals surface area contributed by atoms with Crippen LogP contribution in [0, 0.1) is 6.92 Å². The molecule has 6 nitrogen and oxygen atoms in total. The van der Waals surface area contributed by atoms with Gasteiger partial charge in [-0.3, -0.25) is 14.4 Å². The zero-order valence-electron chi connectivity index (χ0n) is 12.9. The lowest BCUT2D eigenvalue weighted by molar-refractivity contribution is -0.136. The maximum absolute atomic E-state index is 11.9. The predicted molar refractivity (Wildman–Crippen MR) is 92.9 cm³/mol. The second-order valence-corrected chi connectivity index (χ2v) is 5.37. The first-order valence-electron chi connectivity index (χ1n) is 7.16. The highest BCUT2D eigenvalue weighted by molar-refractivity contribution is 6.40. The Labute approximate surface area is 144 Å². The van der Waals surface area contributed by atoms with E-state index < -0.39 is 17.7 Å². The van der Waals surface area contributed by atoms with E-state index in [0.717, 1.165) is 5.56 Å². The lowest BCUT2D eigenvalue weighted by Gasteiger charge is -2.10. The third-order valence-corrected chi connectivity index (χ3v) is 3.60. The number of hydrogen-bond donors (Lipinski definition) is 3. The average Bonchev–Trinajstić information content (AvgIpc) is 2.57. The molecule has 0 spiro atoms. The summed E-state index contributed by atoms with van der Waals surface area (Å²) in [7, 11) is 0. The molecule has 2 aromatic rings. The molecule has 0 aromatic heterocycles. The Balaban J connectivity index is 1.83. The molecular weight excluding hydrogens is 330 g/mol. The summed E-state index contributed by atoms with van der Waals surface area (Å²) in [4.78, 5) is 35.3. The fourth-order valence-electron chi connectivity index (χ4n) is 1.89. The first-order valence-corrected chi connectivity index (χ1v) is 7.54. The highest BCUT2D eigenvalue weighted by atomic mass is 35.5. The Kier molecular flexibility index (Phi) is 5.92. The minimum absolute atomic E-state index is 0.326. The van der Waals surface area contributed by atoms with Crippen molar-refractivity contribution in [1.29, 1.82) is 0 Å². The van der Waals surface area contributed by atoms with Gasteiger partial charge in [0.15, 0.2) is 0 Å². The summed E-state index contributed by atoms with van der Waals surface area (Å²) in [5.41, 5.74) is 1.77. The van der Waals surface area contributed by atoms with Gasteiger partial charge in [0.1, 0.15) is 0 Å². The van der Waals surface area contributed by atoms with E-state index in [9.17, 15) is 14.4 Å². The van der Waals surface area contributed by atoms with Crippen LogP contribution in [-0.4, -0.2) is 24.3 Å². The molecule has 0 atom stereocenters. The SMILES string of the molecule is Cc1c(Cl)cccc1NC(=O)CNC(=O)C(=O)Nc1ccccc1. The van der Waals surface area contributed by atoms with Gasteiger partial charge in [0, 0.05) is 16.4 Å². The standard InChI is InChI=1S/C17H16ClN3O3/c1-11-13(18)8-5-9-14(11)21-15(22)10-19-16(23)17(24)20-12-6-3-2-4-7-12/h2-9H,10H2,1H3,(H,19,23)(H,20,24)(H,21,22). The molecule has 3 N–H and O–H groups in total. The van der Waals surface area contributed by atoms with Crippen LogP contribution in [0.15, 0.2) is 48.5 Å². The smallest absolute Gasteiger partial charge is 0.313 e. The summed E-state index contributed by atoms with van der Waals surface area (Å²) < 4.78 is 0. The first kappa shape index (κ1) is 17.5. The van der Waals surface area contributed by atoms with Gasteiger partial charge >= 0.3 is 11.8 Å². The van der Waals surface area contributed by atoms with E-state index in [1.165, 1.54) is 0 Å². The number of amides is 3. The van der Waals surface area contributed by atoms with Crippen LogP contribution in [0.4, 0.5) is 11.4 Å². The van der Waals surface area contributed by atoms with Crippen LogP contribution in [0.1, 0.15) is 5.56 Å². The number of benzene rings is 2. The minimum atomic E-state index is -0.892. The molecular formula is C17H16ClN3O3. The number of halogens is 1. The van der Waals surface area contributed by atoms with Gasteiger partial charge in [0.25, 0.3) is 0 Å². The van der Waals surface area contributed by atoms with E-state index >= 15 is 0 Å². The topological polar surface area (TPSA) is 87.3 Å². The van der Waals surface area contributed by atoms with Crippen LogP contribution in [0.3, 0.4) is 0 Å². The molecule has 7 heteroatoms. The summed E-state index contributed by atoms with van der Waals surface area (Å²) in [5.74, 6) is -2.19. The number of carbonyl (C=O) groups excluding carboxylic acids is 3. The van der Waals surface area contributed by atoms with Crippen molar-refractivity contribution in [2.75, 3.05) is 17.2 Å². The van der Waals surface area contributed by atoms with Gasteiger partial charge < -0.3 is 16.0 Å². The summed E-state index contributed by atoms with van der Waals surface area (Å²) >= 11 is 5.97. The molecule has 0 heterocycles. The van der Waals surface area contributed by atoms with Crippen molar-refractivity contribution in [2.45, 2.75) is 6.92 Å². The summed E-state index contributed by atoms with van der Waals surface area (Å²) in [6.45, 7) is 1.44. The van der Waals surface area contributed by atoms with Crippen molar-refractivity contribution in [3.05, 3.63) is 59.1 Å². The molecule has 2 rings (SSSR count). The molecule has 0 saturated heterocycles. The number of carbonyl (C=O) groups is 3. The molecule has 0 aliphatic heterocycles. The van der Waals surface area contributed by atoms with Gasteiger partial charge in [-0.1, -0.05) is 35.9 Å². The quantitative estimate of drug-likeness (QED) is 0.743. The Morgan fingerprint density at radius 2 is 1.62 bits per heavy atom. The molecule has 0 aliphatic rings. The average molecular weight is 346 g/mol. The molecule has 0 radical (unpaired) electrons. The van der Waals surface area contributed by atoms with Crippen LogP contribution in [0.2, 0.25) is 5.02 Å². The van der Waals surface area contributed by atoms with E-state index in [4.69, 9.17) is 11.6 Å². The van der Waals surface area contributed by atoms with Gasteiger partial charge in [0.05, 0.1) is 6.54 Å². The van der Waals surface area contributed by atoms with Crippen LogP contribution in [-0.2, 0) is 14.4 Å². The van der Waals surface area contributed by atoms with Crippen LogP contribution >= 0.6 is 11.6 Å². The summed E-state index contributed by atoms with van der Waals surface area (Å²) in [6, 6.07) is 13.7. The van der Waals surface area contributed by atoms with E-state index in [1.807, 2.05) is 0 Å². The normalized spacial score (nSPS) is 9.92. The van der Waals surface area contributed by atoms with Crippen molar-refractivity contribution in [1.82, 2.24) is 5.32 Å². The van der Waals surface area contributed by atoms with Crippen molar-refractivity contribution >= 4 is 40.7 Å². The molecule has 24 heavy (non-hydrogen) atoms. The maximum Gasteiger partial charge on any atom is 0.313 e. The van der Waals surface area contributed by atoms with Crippen molar-refractivity contribution in [3.8, 4) is 0 Å². The Bertz CT molecular complexity index is 763. The molecule has 3 amide bonds. The van der Waals surface area contributed by atoms with Gasteiger partial charge in [0.2, 0.25) is 5.91 Å². The van der Waals surface area contributed by atoms with Crippen molar-refractivity contribution in [3.63, 3.8) is 0 Å². The second kappa shape index (κ2) is 8.12. The third-order valence-electron chi connectivity index (χ3n) is 3.19. The van der Waals surface area contributed by atoms with Crippen LogP contribution < -0.4 is 16.0 Å². The number of hydrogen-bond acceptors (Lipinski definition) is 3. The fourth-order valence-corrected chi connectivity index (χ4v) is 2.06. The van der Waals surface area contributed by atoms with E-state index in [2.05, 4.69) is 16.0 Å². The van der Waals surface area contributed by atoms with Crippen LogP contribution in [0.25, 0.3) is 0 Å². The lowest BCUT2D eigenvalue weighted by atomic mass is 10.2. The maximum atomic E-state index is 11.9.